The predicted molar refractivity (Wildman–Crippen MR) is 89.0 cm³/mol. The second-order valence-electron chi connectivity index (χ2n) is 6.67. The zero-order valence-electron chi connectivity index (χ0n) is 13.7. The molecule has 1 aliphatic carbocycles. The van der Waals surface area contributed by atoms with Crippen molar-refractivity contribution in [3.8, 4) is 0 Å². The Morgan fingerprint density at radius 1 is 1.26 bits per heavy atom. The fourth-order valence-corrected chi connectivity index (χ4v) is 3.17. The zero-order valence-corrected chi connectivity index (χ0v) is 13.7. The Morgan fingerprint density at radius 3 is 2.91 bits per heavy atom. The molecule has 23 heavy (non-hydrogen) atoms. The number of hydrogen-bond acceptors (Lipinski definition) is 4. The summed E-state index contributed by atoms with van der Waals surface area (Å²) in [6, 6.07) is 8.77. The van der Waals surface area contributed by atoms with Gasteiger partial charge in [0.15, 0.2) is 5.82 Å². The summed E-state index contributed by atoms with van der Waals surface area (Å²) >= 11 is 0. The van der Waals surface area contributed by atoms with Crippen molar-refractivity contribution in [2.75, 3.05) is 7.05 Å². The smallest absolute Gasteiger partial charge is 0.229 e. The van der Waals surface area contributed by atoms with Crippen molar-refractivity contribution in [3.63, 3.8) is 0 Å². The van der Waals surface area contributed by atoms with Crippen LogP contribution in [0.2, 0.25) is 0 Å². The SMILES string of the molecule is CN(Cc1ccc2ccn(C)c2c1)Cc1noc(C2CCC2)n1. The quantitative estimate of drug-likeness (QED) is 0.724. The first-order valence-corrected chi connectivity index (χ1v) is 8.24. The van der Waals surface area contributed by atoms with Gasteiger partial charge in [0.05, 0.1) is 6.54 Å². The molecule has 1 fully saturated rings. The van der Waals surface area contributed by atoms with E-state index >= 15 is 0 Å². The maximum atomic E-state index is 5.39. The standard InChI is InChI=1S/C18H22N4O/c1-21(12-17-19-18(23-20-17)15-4-3-5-15)11-13-6-7-14-8-9-22(2)16(14)10-13/h6-10,15H,3-5,11-12H2,1-2H3. The first-order valence-electron chi connectivity index (χ1n) is 8.24. The molecular weight excluding hydrogens is 288 g/mol. The topological polar surface area (TPSA) is 47.1 Å². The summed E-state index contributed by atoms with van der Waals surface area (Å²) in [5.74, 6) is 2.11. The van der Waals surface area contributed by atoms with Crippen molar-refractivity contribution in [2.24, 2.45) is 7.05 Å². The Balaban J connectivity index is 1.42. The largest absolute Gasteiger partial charge is 0.351 e. The first kappa shape index (κ1) is 14.5. The highest BCUT2D eigenvalue weighted by Gasteiger charge is 2.25. The van der Waals surface area contributed by atoms with Crippen LogP contribution in [0.4, 0.5) is 0 Å². The lowest BCUT2D eigenvalue weighted by molar-refractivity contribution is 0.281. The molecule has 1 aromatic carbocycles. The molecule has 0 saturated heterocycles. The van der Waals surface area contributed by atoms with Crippen LogP contribution in [0.25, 0.3) is 10.9 Å². The van der Waals surface area contributed by atoms with E-state index in [1.165, 1.54) is 35.7 Å². The van der Waals surface area contributed by atoms with Gasteiger partial charge in [-0.05, 0) is 43.0 Å². The van der Waals surface area contributed by atoms with Crippen molar-refractivity contribution < 1.29 is 4.52 Å². The van der Waals surface area contributed by atoms with Crippen molar-refractivity contribution in [1.29, 1.82) is 0 Å². The number of nitrogens with zero attached hydrogens (tertiary/aromatic N) is 4. The van der Waals surface area contributed by atoms with Gasteiger partial charge in [0.25, 0.3) is 0 Å². The fraction of sp³-hybridized carbons (Fsp3) is 0.444. The Morgan fingerprint density at radius 2 is 2.13 bits per heavy atom. The van der Waals surface area contributed by atoms with E-state index in [4.69, 9.17) is 4.52 Å². The molecule has 5 nitrogen and oxygen atoms in total. The Kier molecular flexibility index (Phi) is 3.65. The molecule has 0 aliphatic heterocycles. The normalized spacial score (nSPS) is 15.4. The molecule has 0 unspecified atom stereocenters. The Bertz CT molecular complexity index is 815. The molecule has 120 valence electrons. The number of benzene rings is 1. The molecule has 0 radical (unpaired) electrons. The number of fused-ring (bicyclic) bond motifs is 1. The van der Waals surface area contributed by atoms with Crippen molar-refractivity contribution in [3.05, 3.63) is 47.7 Å². The number of aromatic nitrogens is 3. The molecule has 0 atom stereocenters. The summed E-state index contributed by atoms with van der Waals surface area (Å²) in [5.41, 5.74) is 2.56. The van der Waals surface area contributed by atoms with E-state index in [0.717, 1.165) is 18.3 Å². The average Bonchev–Trinajstić information content (AvgIpc) is 3.05. The zero-order chi connectivity index (χ0) is 15.8. The lowest BCUT2D eigenvalue weighted by atomic mass is 9.85. The molecule has 2 heterocycles. The molecular formula is C18H22N4O. The predicted octanol–water partition coefficient (Wildman–Crippen LogP) is 3.46. The number of aryl methyl sites for hydroxylation is 1. The number of rotatable bonds is 5. The van der Waals surface area contributed by atoms with Crippen LogP contribution in [0.1, 0.15) is 42.5 Å². The van der Waals surface area contributed by atoms with E-state index in [-0.39, 0.29) is 0 Å². The van der Waals surface area contributed by atoms with Gasteiger partial charge in [0.1, 0.15) is 0 Å². The van der Waals surface area contributed by atoms with E-state index in [2.05, 4.69) is 64.2 Å². The van der Waals surface area contributed by atoms with Crippen molar-refractivity contribution in [2.45, 2.75) is 38.3 Å². The Labute approximate surface area is 135 Å². The summed E-state index contributed by atoms with van der Waals surface area (Å²) < 4.78 is 7.55. The Hall–Kier alpha value is -2.14. The van der Waals surface area contributed by atoms with Gasteiger partial charge in [0.2, 0.25) is 5.89 Å². The van der Waals surface area contributed by atoms with Crippen molar-refractivity contribution in [1.82, 2.24) is 19.6 Å². The van der Waals surface area contributed by atoms with Crippen LogP contribution in [-0.2, 0) is 20.1 Å². The minimum Gasteiger partial charge on any atom is -0.351 e. The summed E-state index contributed by atoms with van der Waals surface area (Å²) in [4.78, 5) is 6.77. The van der Waals surface area contributed by atoms with Crippen LogP contribution >= 0.6 is 0 Å². The lowest BCUT2D eigenvalue weighted by Crippen LogP contribution is -2.18. The summed E-state index contributed by atoms with van der Waals surface area (Å²) in [5, 5.41) is 5.40. The van der Waals surface area contributed by atoms with Gasteiger partial charge in [-0.1, -0.05) is 23.7 Å². The minimum atomic E-state index is 0.501. The third kappa shape index (κ3) is 2.88. The number of hydrogen-bond donors (Lipinski definition) is 0. The molecule has 0 bridgehead atoms. The second kappa shape index (κ2) is 5.81. The molecule has 1 aliphatic rings. The van der Waals surface area contributed by atoms with Crippen LogP contribution in [0.5, 0.6) is 0 Å². The molecule has 1 saturated carbocycles. The monoisotopic (exact) mass is 310 g/mol. The maximum Gasteiger partial charge on any atom is 0.229 e. The third-order valence-corrected chi connectivity index (χ3v) is 4.75. The highest BCUT2D eigenvalue weighted by molar-refractivity contribution is 5.80. The van der Waals surface area contributed by atoms with E-state index < -0.39 is 0 Å². The molecule has 3 aromatic rings. The maximum absolute atomic E-state index is 5.39. The lowest BCUT2D eigenvalue weighted by Gasteiger charge is -2.20. The fourth-order valence-electron chi connectivity index (χ4n) is 3.17. The van der Waals surface area contributed by atoms with E-state index in [0.29, 0.717) is 12.5 Å². The molecule has 0 amide bonds. The van der Waals surface area contributed by atoms with Crippen LogP contribution < -0.4 is 0 Å². The molecule has 0 spiro atoms. The van der Waals surface area contributed by atoms with Crippen LogP contribution in [0.3, 0.4) is 0 Å². The highest BCUT2D eigenvalue weighted by Crippen LogP contribution is 2.35. The van der Waals surface area contributed by atoms with Gasteiger partial charge in [-0.3, -0.25) is 4.90 Å². The summed E-state index contributed by atoms with van der Waals surface area (Å²) in [6.45, 7) is 1.58. The summed E-state index contributed by atoms with van der Waals surface area (Å²) in [6.07, 6.45) is 5.76. The van der Waals surface area contributed by atoms with Crippen LogP contribution in [0.15, 0.2) is 35.0 Å². The van der Waals surface area contributed by atoms with Crippen LogP contribution in [0, 0.1) is 0 Å². The van der Waals surface area contributed by atoms with Gasteiger partial charge in [0, 0.05) is 31.2 Å². The highest BCUT2D eigenvalue weighted by atomic mass is 16.5. The van der Waals surface area contributed by atoms with E-state index in [1.807, 2.05) is 0 Å². The molecule has 2 aromatic heterocycles. The van der Waals surface area contributed by atoms with Gasteiger partial charge in [-0.2, -0.15) is 4.98 Å². The minimum absolute atomic E-state index is 0.501. The van der Waals surface area contributed by atoms with Gasteiger partial charge >= 0.3 is 0 Å². The third-order valence-electron chi connectivity index (χ3n) is 4.75. The van der Waals surface area contributed by atoms with Crippen LogP contribution in [-0.4, -0.2) is 26.7 Å². The van der Waals surface area contributed by atoms with Crippen molar-refractivity contribution >= 4 is 10.9 Å². The molecule has 5 heteroatoms. The molecule has 4 rings (SSSR count). The van der Waals surface area contributed by atoms with E-state index in [9.17, 15) is 0 Å². The molecule has 0 N–H and O–H groups in total. The van der Waals surface area contributed by atoms with Gasteiger partial charge in [-0.25, -0.2) is 0 Å². The van der Waals surface area contributed by atoms with Gasteiger partial charge in [-0.15, -0.1) is 0 Å². The first-order chi connectivity index (χ1) is 11.2. The second-order valence-corrected chi connectivity index (χ2v) is 6.67. The van der Waals surface area contributed by atoms with Gasteiger partial charge < -0.3 is 9.09 Å². The van der Waals surface area contributed by atoms with E-state index in [1.54, 1.807) is 0 Å². The average molecular weight is 310 g/mol. The summed E-state index contributed by atoms with van der Waals surface area (Å²) in [7, 11) is 4.17.